The average Bonchev–Trinajstić information content (AvgIpc) is 3.44. The third kappa shape index (κ3) is 4.75. The zero-order chi connectivity index (χ0) is 25.1. The van der Waals surface area contributed by atoms with Gasteiger partial charge < -0.3 is 20.1 Å². The Morgan fingerprint density at radius 3 is 2.47 bits per heavy atom. The molecular weight excluding hydrogens is 466 g/mol. The van der Waals surface area contributed by atoms with E-state index in [1.54, 1.807) is 6.20 Å². The Kier molecular flexibility index (Phi) is 6.82. The van der Waals surface area contributed by atoms with Crippen molar-refractivity contribution in [3.8, 4) is 5.69 Å². The molecule has 36 heavy (non-hydrogen) atoms. The van der Waals surface area contributed by atoms with E-state index in [9.17, 15) is 4.79 Å². The van der Waals surface area contributed by atoms with Crippen molar-refractivity contribution in [1.82, 2.24) is 19.8 Å². The van der Waals surface area contributed by atoms with Gasteiger partial charge in [-0.15, -0.1) is 0 Å². The van der Waals surface area contributed by atoms with Crippen LogP contribution in [0.3, 0.4) is 0 Å². The Morgan fingerprint density at radius 2 is 1.72 bits per heavy atom. The van der Waals surface area contributed by atoms with Gasteiger partial charge in [-0.05, 0) is 74.1 Å². The minimum Gasteiger partial charge on any atom is -0.352 e. The third-order valence-electron chi connectivity index (χ3n) is 6.62. The van der Waals surface area contributed by atoms with Crippen molar-refractivity contribution in [2.45, 2.75) is 32.4 Å². The molecule has 5 rings (SSSR count). The summed E-state index contributed by atoms with van der Waals surface area (Å²) in [5.74, 6) is -0.0400. The number of hydrogen-bond acceptors (Lipinski definition) is 3. The highest BCUT2D eigenvalue weighted by Crippen LogP contribution is 2.40. The van der Waals surface area contributed by atoms with Crippen LogP contribution in [0, 0.1) is 13.8 Å². The quantitative estimate of drug-likeness (QED) is 0.332. The zero-order valence-corrected chi connectivity index (χ0v) is 21.2. The highest BCUT2D eigenvalue weighted by molar-refractivity contribution is 7.80. The van der Waals surface area contributed by atoms with Crippen molar-refractivity contribution in [2.75, 3.05) is 11.9 Å². The van der Waals surface area contributed by atoms with Crippen molar-refractivity contribution >= 4 is 28.9 Å². The fourth-order valence-corrected chi connectivity index (χ4v) is 5.17. The molecule has 182 valence electrons. The van der Waals surface area contributed by atoms with Gasteiger partial charge in [-0.1, -0.05) is 42.5 Å². The van der Waals surface area contributed by atoms with Crippen LogP contribution in [-0.2, 0) is 4.79 Å². The summed E-state index contributed by atoms with van der Waals surface area (Å²) in [4.78, 5) is 19.7. The molecule has 2 atom stereocenters. The molecule has 6 nitrogen and oxygen atoms in total. The fourth-order valence-electron chi connectivity index (χ4n) is 4.83. The summed E-state index contributed by atoms with van der Waals surface area (Å²) >= 11 is 5.81. The predicted octanol–water partition coefficient (Wildman–Crippen LogP) is 5.49. The lowest BCUT2D eigenvalue weighted by atomic mass is 10.0. The van der Waals surface area contributed by atoms with Gasteiger partial charge in [0.1, 0.15) is 0 Å². The van der Waals surface area contributed by atoms with Gasteiger partial charge in [-0.25, -0.2) is 0 Å². The van der Waals surface area contributed by atoms with Crippen LogP contribution in [0.2, 0.25) is 0 Å². The number of pyridine rings is 1. The van der Waals surface area contributed by atoms with Gasteiger partial charge in [-0.2, -0.15) is 0 Å². The van der Waals surface area contributed by atoms with E-state index in [4.69, 9.17) is 12.2 Å². The number of para-hydroxylation sites is 2. The van der Waals surface area contributed by atoms with Gasteiger partial charge in [0.15, 0.2) is 5.11 Å². The number of carbonyl (C=O) groups is 1. The first-order chi connectivity index (χ1) is 17.5. The van der Waals surface area contributed by atoms with Crippen LogP contribution in [0.4, 0.5) is 5.69 Å². The lowest BCUT2D eigenvalue weighted by molar-refractivity contribution is -0.116. The van der Waals surface area contributed by atoms with Crippen LogP contribution in [0.5, 0.6) is 0 Å². The summed E-state index contributed by atoms with van der Waals surface area (Å²) in [5, 5.41) is 7.15. The average molecular weight is 496 g/mol. The molecule has 1 aliphatic heterocycles. The summed E-state index contributed by atoms with van der Waals surface area (Å²) in [5.41, 5.74) is 6.10. The lowest BCUT2D eigenvalue weighted by Crippen LogP contribution is -2.33. The molecule has 2 aromatic heterocycles. The van der Waals surface area contributed by atoms with Crippen molar-refractivity contribution in [3.05, 3.63) is 114 Å². The van der Waals surface area contributed by atoms with Crippen molar-refractivity contribution < 1.29 is 4.79 Å². The van der Waals surface area contributed by atoms with Gasteiger partial charge in [0, 0.05) is 41.9 Å². The number of hydrogen-bond donors (Lipinski definition) is 2. The Morgan fingerprint density at radius 1 is 0.972 bits per heavy atom. The monoisotopic (exact) mass is 495 g/mol. The molecule has 1 aliphatic rings. The largest absolute Gasteiger partial charge is 0.352 e. The second kappa shape index (κ2) is 10.3. The molecule has 0 spiro atoms. The summed E-state index contributed by atoms with van der Waals surface area (Å²) < 4.78 is 2.26. The van der Waals surface area contributed by atoms with Gasteiger partial charge in [0.05, 0.1) is 17.8 Å². The Balaban J connectivity index is 1.47. The number of aryl methyl sites for hydroxylation is 2. The summed E-state index contributed by atoms with van der Waals surface area (Å²) in [7, 11) is 0. The van der Waals surface area contributed by atoms with E-state index in [0.717, 1.165) is 34.0 Å². The first kappa shape index (κ1) is 23.8. The first-order valence-corrected chi connectivity index (χ1v) is 12.5. The molecule has 1 amide bonds. The molecule has 2 aromatic carbocycles. The smallest absolute Gasteiger partial charge is 0.226 e. The number of carbonyl (C=O) groups excluding carboxylic acids is 1. The summed E-state index contributed by atoms with van der Waals surface area (Å²) in [6, 6.07) is 28.0. The van der Waals surface area contributed by atoms with E-state index in [0.29, 0.717) is 18.1 Å². The van der Waals surface area contributed by atoms with Crippen LogP contribution in [0.1, 0.15) is 41.1 Å². The molecule has 3 heterocycles. The molecular formula is C29H29N5OS. The lowest BCUT2D eigenvalue weighted by Gasteiger charge is -2.29. The Hall–Kier alpha value is -3.97. The number of aromatic nitrogens is 2. The molecule has 7 heteroatoms. The van der Waals surface area contributed by atoms with Gasteiger partial charge in [-0.3, -0.25) is 9.78 Å². The van der Waals surface area contributed by atoms with Crippen molar-refractivity contribution in [1.29, 1.82) is 0 Å². The van der Waals surface area contributed by atoms with Crippen LogP contribution in [0.25, 0.3) is 5.69 Å². The minimum atomic E-state index is -0.144. The molecule has 2 N–H and O–H groups in total. The van der Waals surface area contributed by atoms with E-state index in [-0.39, 0.29) is 18.0 Å². The highest BCUT2D eigenvalue weighted by Gasteiger charge is 2.41. The van der Waals surface area contributed by atoms with Gasteiger partial charge in [0.25, 0.3) is 0 Å². The number of nitrogens with zero attached hydrogens (tertiary/aromatic N) is 3. The zero-order valence-electron chi connectivity index (χ0n) is 20.4. The van der Waals surface area contributed by atoms with E-state index in [1.807, 2.05) is 67.6 Å². The minimum absolute atomic E-state index is 0.0400. The summed E-state index contributed by atoms with van der Waals surface area (Å²) in [6.07, 6.45) is 2.11. The standard InChI is InChI=1S/C29H29N5OS/c1-20-10-6-7-13-23(20)31-26(35)17-19-33-28(27(32-29(33)36)24-14-8-9-18-30-24)25-16-15-21(2)34(25)22-11-4-3-5-12-22/h3-16,18,27-28H,17,19H2,1-2H3,(H,31,35)(H,32,36). The third-order valence-corrected chi connectivity index (χ3v) is 6.97. The fraction of sp³-hybridized carbons (Fsp3) is 0.207. The van der Waals surface area contributed by atoms with Crippen LogP contribution in [0.15, 0.2) is 91.1 Å². The SMILES string of the molecule is Cc1ccccc1NC(=O)CCN1C(=S)NC(c2ccccn2)C1c1ccc(C)n1-c1ccccc1. The maximum Gasteiger partial charge on any atom is 0.226 e. The van der Waals surface area contributed by atoms with Crippen LogP contribution in [-0.4, -0.2) is 32.0 Å². The molecule has 1 fully saturated rings. The van der Waals surface area contributed by atoms with E-state index < -0.39 is 0 Å². The second-order valence-corrected chi connectivity index (χ2v) is 9.39. The topological polar surface area (TPSA) is 62.2 Å². The van der Waals surface area contributed by atoms with E-state index >= 15 is 0 Å². The molecule has 2 unspecified atom stereocenters. The van der Waals surface area contributed by atoms with Crippen LogP contribution < -0.4 is 10.6 Å². The highest BCUT2D eigenvalue weighted by atomic mass is 32.1. The Bertz CT molecular complexity index is 1370. The predicted molar refractivity (Wildman–Crippen MR) is 147 cm³/mol. The molecule has 0 radical (unpaired) electrons. The molecule has 0 aliphatic carbocycles. The normalized spacial score (nSPS) is 17.2. The number of amides is 1. The summed E-state index contributed by atoms with van der Waals surface area (Å²) in [6.45, 7) is 4.58. The second-order valence-electron chi connectivity index (χ2n) is 9.00. The number of rotatable bonds is 7. The number of anilines is 1. The Labute approximate surface area is 217 Å². The van der Waals surface area contributed by atoms with Crippen molar-refractivity contribution in [3.63, 3.8) is 0 Å². The van der Waals surface area contributed by atoms with Gasteiger partial charge in [0.2, 0.25) is 5.91 Å². The van der Waals surface area contributed by atoms with Crippen molar-refractivity contribution in [2.24, 2.45) is 0 Å². The maximum absolute atomic E-state index is 12.9. The van der Waals surface area contributed by atoms with Gasteiger partial charge >= 0.3 is 0 Å². The maximum atomic E-state index is 12.9. The number of benzene rings is 2. The molecule has 0 saturated carbocycles. The molecule has 1 saturated heterocycles. The first-order valence-electron chi connectivity index (χ1n) is 12.1. The molecule has 4 aromatic rings. The number of thiocarbonyl (C=S) groups is 1. The molecule has 0 bridgehead atoms. The van der Waals surface area contributed by atoms with Crippen LogP contribution >= 0.6 is 12.2 Å². The van der Waals surface area contributed by atoms with E-state index in [2.05, 4.69) is 56.3 Å². The number of nitrogens with one attached hydrogen (secondary N) is 2. The van der Waals surface area contributed by atoms with E-state index in [1.165, 1.54) is 0 Å².